The van der Waals surface area contributed by atoms with Gasteiger partial charge in [0, 0.05) is 13.2 Å². The van der Waals surface area contributed by atoms with Gasteiger partial charge in [0.25, 0.3) is 11.5 Å². The second kappa shape index (κ2) is 4.57. The Morgan fingerprint density at radius 3 is 2.83 bits per heavy atom. The average Bonchev–Trinajstić information content (AvgIpc) is 2.71. The Kier molecular flexibility index (Phi) is 3.11. The lowest BCUT2D eigenvalue weighted by Crippen LogP contribution is -2.37. The van der Waals surface area contributed by atoms with Crippen molar-refractivity contribution in [2.24, 2.45) is 7.05 Å². The highest BCUT2D eigenvalue weighted by Gasteiger charge is 2.14. The van der Waals surface area contributed by atoms with Crippen LogP contribution in [0.2, 0.25) is 0 Å². The van der Waals surface area contributed by atoms with Gasteiger partial charge in [-0.15, -0.1) is 0 Å². The summed E-state index contributed by atoms with van der Waals surface area (Å²) in [6.45, 7) is 1.80. The molecule has 2 rings (SSSR count). The van der Waals surface area contributed by atoms with Crippen molar-refractivity contribution in [1.82, 2.24) is 13.9 Å². The van der Waals surface area contributed by atoms with Crippen LogP contribution in [-0.4, -0.2) is 19.8 Å². The Balaban J connectivity index is 2.33. The van der Waals surface area contributed by atoms with Crippen LogP contribution in [0, 0.1) is 6.92 Å². The number of carbonyl (C=O) groups is 1. The molecule has 0 fully saturated rings. The molecule has 0 unspecified atom stereocenters. The summed E-state index contributed by atoms with van der Waals surface area (Å²) in [6.07, 6.45) is 1.11. The van der Waals surface area contributed by atoms with Crippen molar-refractivity contribution in [3.8, 4) is 0 Å². The lowest BCUT2D eigenvalue weighted by molar-refractivity contribution is 0.102. The largest absolute Gasteiger partial charge is 0.328 e. The minimum Gasteiger partial charge on any atom is -0.313 e. The van der Waals surface area contributed by atoms with Crippen LogP contribution in [0.5, 0.6) is 0 Å². The summed E-state index contributed by atoms with van der Waals surface area (Å²) in [5, 5.41) is 3.10. The van der Waals surface area contributed by atoms with E-state index in [0.717, 1.165) is 28.0 Å². The molecule has 18 heavy (non-hydrogen) atoms. The molecule has 2 heterocycles. The van der Waals surface area contributed by atoms with E-state index in [1.165, 1.54) is 7.05 Å². The maximum atomic E-state index is 11.8. The Morgan fingerprint density at radius 1 is 1.50 bits per heavy atom. The normalized spacial score (nSPS) is 10.3. The molecule has 94 valence electrons. The zero-order valence-electron chi connectivity index (χ0n) is 9.68. The first-order chi connectivity index (χ1) is 8.49. The summed E-state index contributed by atoms with van der Waals surface area (Å²) >= 11 is 1.12. The van der Waals surface area contributed by atoms with Crippen molar-refractivity contribution in [2.45, 2.75) is 6.92 Å². The number of nitrogens with one attached hydrogen (secondary N) is 2. The van der Waals surface area contributed by atoms with Gasteiger partial charge < -0.3 is 10.3 Å². The minimum absolute atomic E-state index is 0.122. The van der Waals surface area contributed by atoms with E-state index in [1.807, 2.05) is 0 Å². The number of hydrogen-bond acceptors (Lipinski definition) is 5. The lowest BCUT2D eigenvalue weighted by Gasteiger charge is -2.02. The quantitative estimate of drug-likeness (QED) is 0.805. The first-order valence-corrected chi connectivity index (χ1v) is 5.80. The summed E-state index contributed by atoms with van der Waals surface area (Å²) < 4.78 is 4.84. The molecule has 7 nitrogen and oxygen atoms in total. The molecule has 0 aliphatic rings. The molecule has 0 atom stereocenters. The number of aromatic nitrogens is 3. The Bertz CT molecular complexity index is 712. The molecule has 0 radical (unpaired) electrons. The SMILES string of the molecule is Cc1cc(NC(=O)c2c[nH]c(=O)n(C)c2=O)sn1. The van der Waals surface area contributed by atoms with Gasteiger partial charge in [0.05, 0.1) is 5.69 Å². The smallest absolute Gasteiger partial charge is 0.313 e. The van der Waals surface area contributed by atoms with Crippen LogP contribution < -0.4 is 16.6 Å². The summed E-state index contributed by atoms with van der Waals surface area (Å²) in [6, 6.07) is 1.69. The van der Waals surface area contributed by atoms with Gasteiger partial charge in [-0.1, -0.05) is 0 Å². The van der Waals surface area contributed by atoms with Gasteiger partial charge in [0.15, 0.2) is 0 Å². The van der Waals surface area contributed by atoms with Crippen LogP contribution in [0.3, 0.4) is 0 Å². The molecule has 2 N–H and O–H groups in total. The molecule has 0 bridgehead atoms. The molecule has 0 aromatic carbocycles. The number of aryl methyl sites for hydroxylation is 1. The van der Waals surface area contributed by atoms with E-state index in [0.29, 0.717) is 5.00 Å². The molecule has 1 amide bonds. The van der Waals surface area contributed by atoms with Gasteiger partial charge in [-0.25, -0.2) is 4.79 Å². The highest BCUT2D eigenvalue weighted by molar-refractivity contribution is 7.10. The van der Waals surface area contributed by atoms with E-state index in [4.69, 9.17) is 0 Å². The molecule has 2 aromatic rings. The molecular weight excluding hydrogens is 256 g/mol. The second-order valence-electron chi connectivity index (χ2n) is 3.66. The predicted molar refractivity (Wildman–Crippen MR) is 67.1 cm³/mol. The zero-order valence-corrected chi connectivity index (χ0v) is 10.5. The molecule has 0 saturated carbocycles. The number of amides is 1. The number of H-pyrrole nitrogens is 1. The van der Waals surface area contributed by atoms with Gasteiger partial charge in [0.1, 0.15) is 10.6 Å². The van der Waals surface area contributed by atoms with Crippen LogP contribution in [0.15, 0.2) is 21.9 Å². The van der Waals surface area contributed by atoms with Gasteiger partial charge in [0.2, 0.25) is 0 Å². The minimum atomic E-state index is -0.641. The van der Waals surface area contributed by atoms with Crippen molar-refractivity contribution in [2.75, 3.05) is 5.32 Å². The van der Waals surface area contributed by atoms with E-state index in [1.54, 1.807) is 13.0 Å². The third kappa shape index (κ3) is 2.23. The van der Waals surface area contributed by atoms with Gasteiger partial charge in [-0.3, -0.25) is 14.2 Å². The van der Waals surface area contributed by atoms with Crippen LogP contribution in [0.4, 0.5) is 5.00 Å². The number of aromatic amines is 1. The standard InChI is InChI=1S/C10H10N4O3S/c1-5-3-7(18-13-5)12-8(15)6-4-11-10(17)14(2)9(6)16/h3-4H,1-2H3,(H,11,17)(H,12,15). The van der Waals surface area contributed by atoms with Crippen molar-refractivity contribution >= 4 is 22.4 Å². The lowest BCUT2D eigenvalue weighted by atomic mass is 10.3. The van der Waals surface area contributed by atoms with E-state index < -0.39 is 17.2 Å². The topological polar surface area (TPSA) is 96.9 Å². The molecule has 0 aliphatic carbocycles. The highest BCUT2D eigenvalue weighted by atomic mass is 32.1. The maximum Gasteiger partial charge on any atom is 0.328 e. The molecular formula is C10H10N4O3S. The van der Waals surface area contributed by atoms with Crippen LogP contribution >= 0.6 is 11.5 Å². The number of nitrogens with zero attached hydrogens (tertiary/aromatic N) is 2. The predicted octanol–water partition coefficient (Wildman–Crippen LogP) is 0.0908. The molecule has 0 spiro atoms. The molecule has 0 saturated heterocycles. The number of carbonyl (C=O) groups excluding carboxylic acids is 1. The monoisotopic (exact) mass is 266 g/mol. The van der Waals surface area contributed by atoms with E-state index in [9.17, 15) is 14.4 Å². The molecule has 2 aromatic heterocycles. The Hall–Kier alpha value is -2.22. The van der Waals surface area contributed by atoms with Gasteiger partial charge in [-0.2, -0.15) is 4.37 Å². The number of hydrogen-bond donors (Lipinski definition) is 2. The maximum absolute atomic E-state index is 11.8. The fraction of sp³-hybridized carbons (Fsp3) is 0.200. The van der Waals surface area contributed by atoms with Crippen molar-refractivity contribution in [3.05, 3.63) is 44.4 Å². The molecule has 0 aliphatic heterocycles. The van der Waals surface area contributed by atoms with E-state index in [-0.39, 0.29) is 5.56 Å². The summed E-state index contributed by atoms with van der Waals surface area (Å²) in [4.78, 5) is 37.0. The summed E-state index contributed by atoms with van der Waals surface area (Å²) in [5.41, 5.74) is -0.546. The summed E-state index contributed by atoms with van der Waals surface area (Å²) in [5.74, 6) is -0.574. The van der Waals surface area contributed by atoms with E-state index in [2.05, 4.69) is 14.7 Å². The second-order valence-corrected chi connectivity index (χ2v) is 4.46. The van der Waals surface area contributed by atoms with Gasteiger partial charge in [-0.05, 0) is 24.5 Å². The van der Waals surface area contributed by atoms with Crippen LogP contribution in [-0.2, 0) is 7.05 Å². The average molecular weight is 266 g/mol. The first kappa shape index (κ1) is 12.2. The van der Waals surface area contributed by atoms with E-state index >= 15 is 0 Å². The van der Waals surface area contributed by atoms with Crippen LogP contribution in [0.1, 0.15) is 16.1 Å². The number of anilines is 1. The highest BCUT2D eigenvalue weighted by Crippen LogP contribution is 2.15. The fourth-order valence-corrected chi connectivity index (χ4v) is 1.99. The Morgan fingerprint density at radius 2 is 2.22 bits per heavy atom. The first-order valence-electron chi connectivity index (χ1n) is 5.02. The van der Waals surface area contributed by atoms with Crippen molar-refractivity contribution in [1.29, 1.82) is 0 Å². The third-order valence-corrected chi connectivity index (χ3v) is 3.08. The summed E-state index contributed by atoms with van der Waals surface area (Å²) in [7, 11) is 1.30. The van der Waals surface area contributed by atoms with Crippen molar-refractivity contribution in [3.63, 3.8) is 0 Å². The Labute approximate surface area is 105 Å². The van der Waals surface area contributed by atoms with Gasteiger partial charge >= 0.3 is 5.69 Å². The third-order valence-electron chi connectivity index (χ3n) is 2.29. The number of rotatable bonds is 2. The zero-order chi connectivity index (χ0) is 13.3. The van der Waals surface area contributed by atoms with Crippen LogP contribution in [0.25, 0.3) is 0 Å². The fourth-order valence-electron chi connectivity index (χ4n) is 1.33. The molecule has 8 heteroatoms. The van der Waals surface area contributed by atoms with Crippen molar-refractivity contribution < 1.29 is 4.79 Å².